The topological polar surface area (TPSA) is 70.2 Å². The van der Waals surface area contributed by atoms with E-state index in [9.17, 15) is 9.59 Å². The lowest BCUT2D eigenvalue weighted by Gasteiger charge is -2.08. The molecule has 0 aliphatic heterocycles. The lowest BCUT2D eigenvalue weighted by atomic mass is 10.1. The molecule has 0 spiro atoms. The van der Waals surface area contributed by atoms with E-state index in [0.29, 0.717) is 25.2 Å². The van der Waals surface area contributed by atoms with Gasteiger partial charge in [-0.15, -0.1) is 0 Å². The minimum absolute atomic E-state index is 0.0125. The molecule has 0 heterocycles. The Kier molecular flexibility index (Phi) is 6.40. The SMILES string of the molecule is CCCNC(=O)c1cccc(CNC(=O)CNCC2CC2)c1. The number of hydrogen-bond donors (Lipinski definition) is 3. The molecule has 1 fully saturated rings. The van der Waals surface area contributed by atoms with Gasteiger partial charge in [0.05, 0.1) is 6.54 Å². The molecule has 1 saturated carbocycles. The van der Waals surface area contributed by atoms with E-state index in [1.165, 1.54) is 12.8 Å². The molecule has 0 bridgehead atoms. The predicted octanol–water partition coefficient (Wildman–Crippen LogP) is 1.44. The van der Waals surface area contributed by atoms with E-state index in [2.05, 4.69) is 16.0 Å². The van der Waals surface area contributed by atoms with Crippen LogP contribution in [0.5, 0.6) is 0 Å². The van der Waals surface area contributed by atoms with E-state index >= 15 is 0 Å². The van der Waals surface area contributed by atoms with Crippen molar-refractivity contribution in [3.63, 3.8) is 0 Å². The fourth-order valence-electron chi connectivity index (χ4n) is 2.14. The molecular weight excluding hydrogens is 278 g/mol. The highest BCUT2D eigenvalue weighted by atomic mass is 16.2. The van der Waals surface area contributed by atoms with Gasteiger partial charge in [-0.2, -0.15) is 0 Å². The maximum atomic E-state index is 11.9. The molecule has 1 aromatic rings. The Morgan fingerprint density at radius 2 is 2.05 bits per heavy atom. The van der Waals surface area contributed by atoms with Gasteiger partial charge in [0.15, 0.2) is 0 Å². The van der Waals surface area contributed by atoms with Gasteiger partial charge in [0.25, 0.3) is 5.91 Å². The monoisotopic (exact) mass is 303 g/mol. The van der Waals surface area contributed by atoms with Crippen molar-refractivity contribution < 1.29 is 9.59 Å². The fourth-order valence-corrected chi connectivity index (χ4v) is 2.14. The highest BCUT2D eigenvalue weighted by molar-refractivity contribution is 5.94. The molecule has 1 aromatic carbocycles. The number of carbonyl (C=O) groups excluding carboxylic acids is 2. The molecule has 0 unspecified atom stereocenters. The van der Waals surface area contributed by atoms with E-state index < -0.39 is 0 Å². The molecular formula is C17H25N3O2. The summed E-state index contributed by atoms with van der Waals surface area (Å²) in [5.74, 6) is 0.689. The average Bonchev–Trinajstić information content (AvgIpc) is 3.35. The summed E-state index contributed by atoms with van der Waals surface area (Å²) in [7, 11) is 0. The predicted molar refractivity (Wildman–Crippen MR) is 86.5 cm³/mol. The van der Waals surface area contributed by atoms with Crippen LogP contribution in [0.15, 0.2) is 24.3 Å². The molecule has 120 valence electrons. The average molecular weight is 303 g/mol. The maximum Gasteiger partial charge on any atom is 0.251 e. The van der Waals surface area contributed by atoms with Crippen LogP contribution >= 0.6 is 0 Å². The quantitative estimate of drug-likeness (QED) is 0.646. The van der Waals surface area contributed by atoms with E-state index in [4.69, 9.17) is 0 Å². The first-order valence-electron chi connectivity index (χ1n) is 8.03. The third kappa shape index (κ3) is 5.85. The van der Waals surface area contributed by atoms with Crippen molar-refractivity contribution in [3.05, 3.63) is 35.4 Å². The van der Waals surface area contributed by atoms with Gasteiger partial charge in [0, 0.05) is 18.7 Å². The summed E-state index contributed by atoms with van der Waals surface area (Å²) < 4.78 is 0. The van der Waals surface area contributed by atoms with Crippen LogP contribution in [0.3, 0.4) is 0 Å². The van der Waals surface area contributed by atoms with E-state index in [-0.39, 0.29) is 11.8 Å². The van der Waals surface area contributed by atoms with E-state index in [0.717, 1.165) is 24.4 Å². The number of nitrogens with one attached hydrogen (secondary N) is 3. The molecule has 5 heteroatoms. The van der Waals surface area contributed by atoms with Crippen molar-refractivity contribution in [2.75, 3.05) is 19.6 Å². The fraction of sp³-hybridized carbons (Fsp3) is 0.529. The third-order valence-electron chi connectivity index (χ3n) is 3.63. The molecule has 5 nitrogen and oxygen atoms in total. The van der Waals surface area contributed by atoms with Crippen molar-refractivity contribution in [3.8, 4) is 0 Å². The van der Waals surface area contributed by atoms with Crippen LogP contribution < -0.4 is 16.0 Å². The summed E-state index contributed by atoms with van der Waals surface area (Å²) in [5.41, 5.74) is 1.56. The summed E-state index contributed by atoms with van der Waals surface area (Å²) in [4.78, 5) is 23.6. The third-order valence-corrected chi connectivity index (χ3v) is 3.63. The van der Waals surface area contributed by atoms with Crippen LogP contribution in [0.1, 0.15) is 42.1 Å². The number of carbonyl (C=O) groups is 2. The van der Waals surface area contributed by atoms with Crippen molar-refractivity contribution in [2.45, 2.75) is 32.7 Å². The van der Waals surface area contributed by atoms with Gasteiger partial charge in [0.2, 0.25) is 5.91 Å². The van der Waals surface area contributed by atoms with Gasteiger partial charge in [-0.25, -0.2) is 0 Å². The Balaban J connectivity index is 1.74. The van der Waals surface area contributed by atoms with Gasteiger partial charge in [-0.1, -0.05) is 19.1 Å². The second-order valence-electron chi connectivity index (χ2n) is 5.81. The largest absolute Gasteiger partial charge is 0.352 e. The van der Waals surface area contributed by atoms with Crippen LogP contribution in [0.25, 0.3) is 0 Å². The minimum Gasteiger partial charge on any atom is -0.352 e. The summed E-state index contributed by atoms with van der Waals surface area (Å²) in [6, 6.07) is 7.36. The van der Waals surface area contributed by atoms with Crippen LogP contribution in [0, 0.1) is 5.92 Å². The Labute approximate surface area is 131 Å². The van der Waals surface area contributed by atoms with Gasteiger partial charge >= 0.3 is 0 Å². The Bertz CT molecular complexity index is 512. The highest BCUT2D eigenvalue weighted by Crippen LogP contribution is 2.27. The van der Waals surface area contributed by atoms with Gasteiger partial charge < -0.3 is 16.0 Å². The van der Waals surface area contributed by atoms with Gasteiger partial charge in [0.1, 0.15) is 0 Å². The van der Waals surface area contributed by atoms with E-state index in [1.54, 1.807) is 6.07 Å². The van der Waals surface area contributed by atoms with Crippen molar-refractivity contribution in [2.24, 2.45) is 5.92 Å². The maximum absolute atomic E-state index is 11.9. The van der Waals surface area contributed by atoms with Crippen LogP contribution in [0.4, 0.5) is 0 Å². The van der Waals surface area contributed by atoms with Crippen LogP contribution in [-0.4, -0.2) is 31.4 Å². The first-order chi connectivity index (χ1) is 10.7. The zero-order chi connectivity index (χ0) is 15.8. The zero-order valence-electron chi connectivity index (χ0n) is 13.2. The highest BCUT2D eigenvalue weighted by Gasteiger charge is 2.20. The summed E-state index contributed by atoms with van der Waals surface area (Å²) >= 11 is 0. The zero-order valence-corrected chi connectivity index (χ0v) is 13.2. The molecule has 22 heavy (non-hydrogen) atoms. The Hall–Kier alpha value is -1.88. The molecule has 1 aliphatic carbocycles. The molecule has 2 amide bonds. The second kappa shape index (κ2) is 8.54. The van der Waals surface area contributed by atoms with Crippen molar-refractivity contribution >= 4 is 11.8 Å². The summed E-state index contributed by atoms with van der Waals surface area (Å²) in [6.07, 6.45) is 3.47. The van der Waals surface area contributed by atoms with Gasteiger partial charge in [-0.3, -0.25) is 9.59 Å². The standard InChI is InChI=1S/C17H25N3O2/c1-2-8-19-17(22)15-5-3-4-14(9-15)11-20-16(21)12-18-10-13-6-7-13/h3-5,9,13,18H,2,6-8,10-12H2,1H3,(H,19,22)(H,20,21). The normalized spacial score (nSPS) is 13.7. The first kappa shape index (κ1) is 16.5. The molecule has 3 N–H and O–H groups in total. The Morgan fingerprint density at radius 1 is 1.23 bits per heavy atom. The van der Waals surface area contributed by atoms with Crippen molar-refractivity contribution in [1.82, 2.24) is 16.0 Å². The molecule has 0 atom stereocenters. The number of hydrogen-bond acceptors (Lipinski definition) is 3. The molecule has 0 radical (unpaired) electrons. The smallest absolute Gasteiger partial charge is 0.251 e. The first-order valence-corrected chi connectivity index (χ1v) is 8.03. The molecule has 1 aliphatic rings. The lowest BCUT2D eigenvalue weighted by molar-refractivity contribution is -0.120. The summed E-state index contributed by atoms with van der Waals surface area (Å²) in [6.45, 7) is 4.42. The van der Waals surface area contributed by atoms with E-state index in [1.807, 2.05) is 25.1 Å². The number of amides is 2. The molecule has 2 rings (SSSR count). The van der Waals surface area contributed by atoms with Gasteiger partial charge in [-0.05, 0) is 49.4 Å². The van der Waals surface area contributed by atoms with Crippen molar-refractivity contribution in [1.29, 1.82) is 0 Å². The minimum atomic E-state index is -0.0684. The molecule has 0 aromatic heterocycles. The molecule has 0 saturated heterocycles. The summed E-state index contributed by atoms with van der Waals surface area (Å²) in [5, 5.41) is 8.88. The Morgan fingerprint density at radius 3 is 2.77 bits per heavy atom. The number of rotatable bonds is 9. The second-order valence-corrected chi connectivity index (χ2v) is 5.81. The lowest BCUT2D eigenvalue weighted by Crippen LogP contribution is -2.34. The number of benzene rings is 1. The van der Waals surface area contributed by atoms with Crippen LogP contribution in [-0.2, 0) is 11.3 Å². The van der Waals surface area contributed by atoms with Crippen LogP contribution in [0.2, 0.25) is 0 Å².